The summed E-state index contributed by atoms with van der Waals surface area (Å²) >= 11 is 0. The first kappa shape index (κ1) is 60.2. The van der Waals surface area contributed by atoms with Crippen LogP contribution in [0.1, 0.15) is 284 Å². The predicted molar refractivity (Wildman–Crippen MR) is 263 cm³/mol. The first-order valence-electron chi connectivity index (χ1n) is 27.7. The van der Waals surface area contributed by atoms with E-state index in [4.69, 9.17) is 9.47 Å². The zero-order valence-electron chi connectivity index (χ0n) is 41.6. The number of rotatable bonds is 48. The van der Waals surface area contributed by atoms with Crippen molar-refractivity contribution in [3.8, 4) is 0 Å². The Morgan fingerprint density at radius 1 is 0.476 bits per heavy atom. The number of hydrogen-bond acceptors (Lipinski definition) is 8. The van der Waals surface area contributed by atoms with Crippen molar-refractivity contribution in [1.29, 1.82) is 0 Å². The summed E-state index contributed by atoms with van der Waals surface area (Å²) in [4.78, 5) is 13.1. The van der Waals surface area contributed by atoms with Crippen molar-refractivity contribution in [2.24, 2.45) is 0 Å². The van der Waals surface area contributed by atoms with E-state index in [0.29, 0.717) is 12.8 Å². The molecule has 7 atom stereocenters. The Balaban J connectivity index is 2.20. The van der Waals surface area contributed by atoms with Crippen molar-refractivity contribution < 1.29 is 39.8 Å². The number of carbonyl (C=O) groups is 1. The molecule has 0 saturated carbocycles. The monoisotopic (exact) mass is 898 g/mol. The molecule has 1 aliphatic heterocycles. The average molecular weight is 898 g/mol. The van der Waals surface area contributed by atoms with Gasteiger partial charge in [-0.15, -0.1) is 0 Å². The van der Waals surface area contributed by atoms with Crippen LogP contribution in [0.25, 0.3) is 0 Å². The quantitative estimate of drug-likeness (QED) is 0.0331. The molecule has 0 bridgehead atoms. The molecule has 0 aromatic rings. The van der Waals surface area contributed by atoms with Crippen molar-refractivity contribution in [3.05, 3.63) is 0 Å². The standard InChI is InChI=1S/C54H107NO8/c1-3-5-7-9-11-13-15-17-19-21-22-23-24-25-26-28-30-32-34-36-38-40-42-44-50(58)55-47(46-62-54-53(61)52(60)51(59)49(45-56)63-54)48(57)43-41-39-37-35-33-31-29-27-20-18-16-14-12-10-8-6-4-2/h47-49,51-54,56-57,59-61H,3-46H2,1-2H3,(H,55,58)/t47-,48+,49+,51+,52?,53?,54+/m0/s1. The highest BCUT2D eigenvalue weighted by Crippen LogP contribution is 2.23. The van der Waals surface area contributed by atoms with Crippen molar-refractivity contribution in [2.45, 2.75) is 326 Å². The number of unbranched alkanes of at least 4 members (excludes halogenated alkanes) is 38. The molecule has 0 aromatic heterocycles. The number of carbonyl (C=O) groups excluding carboxylic acids is 1. The molecule has 1 heterocycles. The smallest absolute Gasteiger partial charge is 0.220 e. The van der Waals surface area contributed by atoms with Crippen LogP contribution in [0.15, 0.2) is 0 Å². The Labute approximate surface area is 389 Å². The Morgan fingerprint density at radius 3 is 1.13 bits per heavy atom. The molecule has 0 aliphatic carbocycles. The van der Waals surface area contributed by atoms with Crippen LogP contribution in [0, 0.1) is 0 Å². The van der Waals surface area contributed by atoms with E-state index >= 15 is 0 Å². The van der Waals surface area contributed by atoms with E-state index in [1.807, 2.05) is 0 Å². The Hall–Kier alpha value is -0.810. The lowest BCUT2D eigenvalue weighted by molar-refractivity contribution is -0.302. The second-order valence-corrected chi connectivity index (χ2v) is 19.7. The van der Waals surface area contributed by atoms with Gasteiger partial charge in [0.05, 0.1) is 25.4 Å². The molecule has 6 N–H and O–H groups in total. The SMILES string of the molecule is CCCCCCCCCCCCCCCCCCCCCCCCCC(=O)N[C@@H](CO[C@@H]1O[C@H](CO)[C@@H](O)C(O)C1O)[C@H](O)CCCCCCCCCCCCCCCCCCC. The molecule has 9 nitrogen and oxygen atoms in total. The number of aliphatic hydroxyl groups is 5. The maximum atomic E-state index is 13.1. The maximum absolute atomic E-state index is 13.1. The third-order valence-electron chi connectivity index (χ3n) is 13.7. The minimum absolute atomic E-state index is 0.131. The Bertz CT molecular complexity index is 955. The summed E-state index contributed by atoms with van der Waals surface area (Å²) in [6.07, 6.45) is 45.5. The molecule has 1 saturated heterocycles. The molecule has 1 fully saturated rings. The van der Waals surface area contributed by atoms with Gasteiger partial charge in [0.15, 0.2) is 6.29 Å². The minimum Gasteiger partial charge on any atom is -0.394 e. The lowest BCUT2D eigenvalue weighted by Crippen LogP contribution is -2.60. The van der Waals surface area contributed by atoms with Crippen molar-refractivity contribution in [3.63, 3.8) is 0 Å². The Kier molecular flexibility index (Phi) is 43.0. The van der Waals surface area contributed by atoms with Gasteiger partial charge in [0.25, 0.3) is 0 Å². The van der Waals surface area contributed by atoms with Gasteiger partial charge in [-0.2, -0.15) is 0 Å². The fourth-order valence-corrected chi connectivity index (χ4v) is 9.28. The van der Waals surface area contributed by atoms with Crippen LogP contribution in [0.4, 0.5) is 0 Å². The molecule has 0 spiro atoms. The van der Waals surface area contributed by atoms with Crippen molar-refractivity contribution >= 4 is 5.91 Å². The molecule has 9 heteroatoms. The van der Waals surface area contributed by atoms with Gasteiger partial charge in [0.2, 0.25) is 5.91 Å². The molecule has 2 unspecified atom stereocenters. The second kappa shape index (κ2) is 45.0. The van der Waals surface area contributed by atoms with Crippen LogP contribution in [0.5, 0.6) is 0 Å². The van der Waals surface area contributed by atoms with Crippen LogP contribution in [-0.2, 0) is 14.3 Å². The van der Waals surface area contributed by atoms with Gasteiger partial charge in [0.1, 0.15) is 24.4 Å². The van der Waals surface area contributed by atoms with Gasteiger partial charge >= 0.3 is 0 Å². The molecule has 63 heavy (non-hydrogen) atoms. The molecule has 0 radical (unpaired) electrons. The highest BCUT2D eigenvalue weighted by atomic mass is 16.7. The van der Waals surface area contributed by atoms with Crippen LogP contribution in [0.2, 0.25) is 0 Å². The van der Waals surface area contributed by atoms with E-state index in [0.717, 1.165) is 38.5 Å². The van der Waals surface area contributed by atoms with Gasteiger partial charge < -0.3 is 40.3 Å². The van der Waals surface area contributed by atoms with Crippen molar-refractivity contribution in [2.75, 3.05) is 13.2 Å². The molecule has 1 aliphatic rings. The minimum atomic E-state index is -1.55. The second-order valence-electron chi connectivity index (χ2n) is 19.7. The topological polar surface area (TPSA) is 149 Å². The molecule has 1 rings (SSSR count). The maximum Gasteiger partial charge on any atom is 0.220 e. The number of hydrogen-bond donors (Lipinski definition) is 6. The Morgan fingerprint density at radius 2 is 0.794 bits per heavy atom. The molecular formula is C54H107NO8. The molecule has 376 valence electrons. The number of aliphatic hydroxyl groups excluding tert-OH is 5. The zero-order valence-corrected chi connectivity index (χ0v) is 41.6. The fourth-order valence-electron chi connectivity index (χ4n) is 9.28. The van der Waals surface area contributed by atoms with Crippen LogP contribution in [-0.4, -0.2) is 87.5 Å². The van der Waals surface area contributed by atoms with E-state index in [-0.39, 0.29) is 12.5 Å². The number of amides is 1. The molecular weight excluding hydrogens is 791 g/mol. The largest absolute Gasteiger partial charge is 0.394 e. The normalized spacial score (nSPS) is 20.0. The fraction of sp³-hybridized carbons (Fsp3) is 0.981. The highest BCUT2D eigenvalue weighted by molar-refractivity contribution is 5.76. The van der Waals surface area contributed by atoms with E-state index in [2.05, 4.69) is 19.2 Å². The van der Waals surface area contributed by atoms with Gasteiger partial charge in [-0.05, 0) is 12.8 Å². The highest BCUT2D eigenvalue weighted by Gasteiger charge is 2.44. The first-order valence-corrected chi connectivity index (χ1v) is 27.7. The van der Waals surface area contributed by atoms with E-state index in [1.165, 1.54) is 218 Å². The van der Waals surface area contributed by atoms with E-state index in [1.54, 1.807) is 0 Å². The number of nitrogens with one attached hydrogen (secondary N) is 1. The van der Waals surface area contributed by atoms with Crippen LogP contribution >= 0.6 is 0 Å². The summed E-state index contributed by atoms with van der Waals surface area (Å²) in [7, 11) is 0. The van der Waals surface area contributed by atoms with Crippen LogP contribution < -0.4 is 5.32 Å². The van der Waals surface area contributed by atoms with Gasteiger partial charge in [-0.25, -0.2) is 0 Å². The first-order chi connectivity index (χ1) is 30.8. The number of ether oxygens (including phenoxy) is 2. The van der Waals surface area contributed by atoms with Crippen molar-refractivity contribution in [1.82, 2.24) is 5.32 Å². The third-order valence-corrected chi connectivity index (χ3v) is 13.7. The third kappa shape index (κ3) is 35.1. The lowest BCUT2D eigenvalue weighted by atomic mass is 9.99. The summed E-state index contributed by atoms with van der Waals surface area (Å²) in [6, 6.07) is -0.713. The lowest BCUT2D eigenvalue weighted by Gasteiger charge is -2.40. The predicted octanol–water partition coefficient (Wildman–Crippen LogP) is 13.1. The average Bonchev–Trinajstić information content (AvgIpc) is 3.28. The van der Waals surface area contributed by atoms with E-state index < -0.39 is 49.5 Å². The van der Waals surface area contributed by atoms with Crippen LogP contribution in [0.3, 0.4) is 0 Å². The van der Waals surface area contributed by atoms with Gasteiger partial charge in [0, 0.05) is 6.42 Å². The summed E-state index contributed by atoms with van der Waals surface area (Å²) in [5, 5.41) is 54.6. The zero-order chi connectivity index (χ0) is 45.9. The summed E-state index contributed by atoms with van der Waals surface area (Å²) in [5.41, 5.74) is 0. The van der Waals surface area contributed by atoms with E-state index in [9.17, 15) is 30.3 Å². The molecule has 0 aromatic carbocycles. The summed E-state index contributed by atoms with van der Waals surface area (Å²) in [5.74, 6) is -0.137. The molecule has 1 amide bonds. The summed E-state index contributed by atoms with van der Waals surface area (Å²) in [6.45, 7) is 3.88. The summed E-state index contributed by atoms with van der Waals surface area (Å²) < 4.78 is 11.3. The van der Waals surface area contributed by atoms with Gasteiger partial charge in [-0.1, -0.05) is 264 Å². The van der Waals surface area contributed by atoms with Gasteiger partial charge in [-0.3, -0.25) is 4.79 Å².